The van der Waals surface area contributed by atoms with Crippen molar-refractivity contribution in [3.05, 3.63) is 48.6 Å². The lowest BCUT2D eigenvalue weighted by Crippen LogP contribution is -2.25. The molecule has 0 aromatic heterocycles. The van der Waals surface area contributed by atoms with Crippen LogP contribution in [0.25, 0.3) is 0 Å². The highest BCUT2D eigenvalue weighted by Gasteiger charge is 2.60. The molecular weight excluding hydrogens is 200 g/mol. The molecule has 1 aliphatic carbocycles. The Morgan fingerprint density at radius 1 is 1.56 bits per heavy atom. The van der Waals surface area contributed by atoms with Crippen LogP contribution in [0, 0.1) is 5.92 Å². The van der Waals surface area contributed by atoms with Gasteiger partial charge in [-0.1, -0.05) is 36.4 Å². The second-order valence-corrected chi connectivity index (χ2v) is 4.10. The zero-order valence-electron chi connectivity index (χ0n) is 9.48. The van der Waals surface area contributed by atoms with Gasteiger partial charge < -0.3 is 4.74 Å². The van der Waals surface area contributed by atoms with Crippen LogP contribution in [0.5, 0.6) is 0 Å². The van der Waals surface area contributed by atoms with Crippen LogP contribution in [-0.2, 0) is 14.9 Å². The fraction of sp³-hybridized carbons (Fsp3) is 0.357. The standard InChI is InChI=1S/C14H16O2/c1-3-11-10-14(11,13(15)16-4-2)12-8-6-5-7-9-12/h3,5-9,11H,1,4,10H2,2H3. The number of hydrogen-bond acceptors (Lipinski definition) is 2. The Morgan fingerprint density at radius 2 is 2.25 bits per heavy atom. The Labute approximate surface area is 95.9 Å². The summed E-state index contributed by atoms with van der Waals surface area (Å²) in [6, 6.07) is 9.83. The summed E-state index contributed by atoms with van der Waals surface area (Å²) in [5.41, 5.74) is 0.581. The molecule has 0 aliphatic heterocycles. The Bertz CT molecular complexity index is 396. The number of hydrogen-bond donors (Lipinski definition) is 0. The van der Waals surface area contributed by atoms with E-state index in [0.717, 1.165) is 12.0 Å². The van der Waals surface area contributed by atoms with Crippen molar-refractivity contribution in [2.24, 2.45) is 5.92 Å². The number of carbonyl (C=O) groups is 1. The van der Waals surface area contributed by atoms with Crippen molar-refractivity contribution < 1.29 is 9.53 Å². The smallest absolute Gasteiger partial charge is 0.317 e. The van der Waals surface area contributed by atoms with E-state index in [4.69, 9.17) is 4.74 Å². The topological polar surface area (TPSA) is 26.3 Å². The zero-order valence-corrected chi connectivity index (χ0v) is 9.48. The second-order valence-electron chi connectivity index (χ2n) is 4.10. The highest BCUT2D eigenvalue weighted by molar-refractivity contribution is 5.88. The van der Waals surface area contributed by atoms with Gasteiger partial charge in [-0.3, -0.25) is 4.79 Å². The first-order chi connectivity index (χ1) is 7.75. The van der Waals surface area contributed by atoms with E-state index in [1.807, 2.05) is 43.3 Å². The predicted octanol–water partition coefficient (Wildman–Crippen LogP) is 2.69. The summed E-state index contributed by atoms with van der Waals surface area (Å²) in [4.78, 5) is 12.0. The average Bonchev–Trinajstić information content (AvgIpc) is 3.06. The van der Waals surface area contributed by atoms with Crippen LogP contribution in [0.2, 0.25) is 0 Å². The molecule has 2 nitrogen and oxygen atoms in total. The Kier molecular flexibility index (Phi) is 2.82. The third kappa shape index (κ3) is 1.54. The summed E-state index contributed by atoms with van der Waals surface area (Å²) in [6.07, 6.45) is 2.67. The molecule has 16 heavy (non-hydrogen) atoms. The van der Waals surface area contributed by atoms with E-state index < -0.39 is 5.41 Å². The maximum atomic E-state index is 12.0. The number of benzene rings is 1. The molecule has 0 saturated heterocycles. The van der Waals surface area contributed by atoms with E-state index in [2.05, 4.69) is 6.58 Å². The van der Waals surface area contributed by atoms with E-state index in [0.29, 0.717) is 6.61 Å². The molecule has 0 heterocycles. The molecule has 84 valence electrons. The molecule has 2 atom stereocenters. The monoisotopic (exact) mass is 216 g/mol. The first-order valence-corrected chi connectivity index (χ1v) is 5.61. The minimum atomic E-state index is -0.459. The van der Waals surface area contributed by atoms with Gasteiger partial charge in [-0.25, -0.2) is 0 Å². The number of esters is 1. The lowest BCUT2D eigenvalue weighted by molar-refractivity contribution is -0.146. The molecule has 1 aromatic carbocycles. The second kappa shape index (κ2) is 4.12. The van der Waals surface area contributed by atoms with Crippen molar-refractivity contribution in [2.75, 3.05) is 6.61 Å². The molecule has 1 aliphatic rings. The van der Waals surface area contributed by atoms with Crippen LogP contribution in [0.1, 0.15) is 18.9 Å². The molecular formula is C14H16O2. The SMILES string of the molecule is C=CC1CC1(C(=O)OCC)c1ccccc1. The van der Waals surface area contributed by atoms with Gasteiger partial charge in [-0.15, -0.1) is 6.58 Å². The predicted molar refractivity (Wildman–Crippen MR) is 63.1 cm³/mol. The van der Waals surface area contributed by atoms with Crippen LogP contribution >= 0.6 is 0 Å². The number of rotatable bonds is 4. The van der Waals surface area contributed by atoms with Gasteiger partial charge in [0.25, 0.3) is 0 Å². The van der Waals surface area contributed by atoms with Crippen molar-refractivity contribution in [1.82, 2.24) is 0 Å². The van der Waals surface area contributed by atoms with Crippen molar-refractivity contribution in [3.8, 4) is 0 Å². The maximum Gasteiger partial charge on any atom is 0.317 e. The minimum absolute atomic E-state index is 0.119. The van der Waals surface area contributed by atoms with Crippen LogP contribution < -0.4 is 0 Å². The summed E-state index contributed by atoms with van der Waals surface area (Å²) in [7, 11) is 0. The van der Waals surface area contributed by atoms with Gasteiger partial charge in [-0.05, 0) is 24.8 Å². The number of ether oxygens (including phenoxy) is 1. The molecule has 2 heteroatoms. The summed E-state index contributed by atoms with van der Waals surface area (Å²) in [5.74, 6) is 0.0973. The third-order valence-electron chi connectivity index (χ3n) is 3.23. The van der Waals surface area contributed by atoms with Crippen molar-refractivity contribution in [1.29, 1.82) is 0 Å². The van der Waals surface area contributed by atoms with Gasteiger partial charge in [0, 0.05) is 0 Å². The van der Waals surface area contributed by atoms with E-state index in [1.165, 1.54) is 0 Å². The highest BCUT2D eigenvalue weighted by atomic mass is 16.5. The van der Waals surface area contributed by atoms with Crippen LogP contribution in [-0.4, -0.2) is 12.6 Å². The van der Waals surface area contributed by atoms with Crippen molar-refractivity contribution in [2.45, 2.75) is 18.8 Å². The average molecular weight is 216 g/mol. The van der Waals surface area contributed by atoms with Gasteiger partial charge >= 0.3 is 5.97 Å². The molecule has 1 saturated carbocycles. The van der Waals surface area contributed by atoms with E-state index >= 15 is 0 Å². The normalized spacial score (nSPS) is 27.2. The Hall–Kier alpha value is -1.57. The molecule has 0 bridgehead atoms. The number of allylic oxidation sites excluding steroid dienone is 1. The van der Waals surface area contributed by atoms with Gasteiger partial charge in [0.15, 0.2) is 0 Å². The first-order valence-electron chi connectivity index (χ1n) is 5.61. The van der Waals surface area contributed by atoms with E-state index in [9.17, 15) is 4.79 Å². The van der Waals surface area contributed by atoms with Gasteiger partial charge in [0.2, 0.25) is 0 Å². The van der Waals surface area contributed by atoms with E-state index in [1.54, 1.807) is 0 Å². The Balaban J connectivity index is 2.32. The Morgan fingerprint density at radius 3 is 2.75 bits per heavy atom. The maximum absolute atomic E-state index is 12.0. The van der Waals surface area contributed by atoms with Crippen LogP contribution in [0.4, 0.5) is 0 Å². The zero-order chi connectivity index (χ0) is 11.6. The molecule has 0 radical (unpaired) electrons. The van der Waals surface area contributed by atoms with Crippen molar-refractivity contribution >= 4 is 5.97 Å². The summed E-state index contributed by atoms with van der Waals surface area (Å²) < 4.78 is 5.17. The minimum Gasteiger partial charge on any atom is -0.465 e. The quantitative estimate of drug-likeness (QED) is 0.571. The molecule has 0 amide bonds. The van der Waals surface area contributed by atoms with Crippen molar-refractivity contribution in [3.63, 3.8) is 0 Å². The largest absolute Gasteiger partial charge is 0.465 e. The molecule has 0 N–H and O–H groups in total. The molecule has 1 fully saturated rings. The summed E-state index contributed by atoms with van der Waals surface area (Å²) >= 11 is 0. The molecule has 0 spiro atoms. The summed E-state index contributed by atoms with van der Waals surface area (Å²) in [5, 5.41) is 0. The molecule has 2 rings (SSSR count). The summed E-state index contributed by atoms with van der Waals surface area (Å²) in [6.45, 7) is 6.04. The fourth-order valence-electron chi connectivity index (χ4n) is 2.25. The van der Waals surface area contributed by atoms with Gasteiger partial charge in [0.1, 0.15) is 0 Å². The lowest BCUT2D eigenvalue weighted by atomic mass is 9.93. The third-order valence-corrected chi connectivity index (χ3v) is 3.23. The van der Waals surface area contributed by atoms with E-state index in [-0.39, 0.29) is 11.9 Å². The van der Waals surface area contributed by atoms with Gasteiger partial charge in [0.05, 0.1) is 12.0 Å². The highest BCUT2D eigenvalue weighted by Crippen LogP contribution is 2.55. The fourth-order valence-corrected chi connectivity index (χ4v) is 2.25. The van der Waals surface area contributed by atoms with Crippen LogP contribution in [0.15, 0.2) is 43.0 Å². The number of carbonyl (C=O) groups excluding carboxylic acids is 1. The van der Waals surface area contributed by atoms with Gasteiger partial charge in [-0.2, -0.15) is 0 Å². The lowest BCUT2D eigenvalue weighted by Gasteiger charge is -2.15. The molecule has 1 aromatic rings. The molecule has 2 unspecified atom stereocenters. The van der Waals surface area contributed by atoms with Crippen LogP contribution in [0.3, 0.4) is 0 Å². The first kappa shape index (κ1) is 10.9.